The minimum atomic E-state index is -0.290. The fourth-order valence-corrected chi connectivity index (χ4v) is 1.36. The molecule has 1 aromatic heterocycles. The molecule has 0 amide bonds. The molecule has 0 aliphatic carbocycles. The highest BCUT2D eigenvalue weighted by Gasteiger charge is 2.18. The third-order valence-corrected chi connectivity index (χ3v) is 2.72. The SMILES string of the molecule is CC(N)C(C)c1nc(-c2ccc(F)cc2)no1. The number of rotatable bonds is 3. The molecule has 2 atom stereocenters. The van der Waals surface area contributed by atoms with Crippen LogP contribution in [-0.2, 0) is 0 Å². The molecule has 1 heterocycles. The van der Waals surface area contributed by atoms with Crippen LogP contribution in [0.4, 0.5) is 4.39 Å². The molecule has 2 N–H and O–H groups in total. The van der Waals surface area contributed by atoms with Gasteiger partial charge in [0.1, 0.15) is 5.82 Å². The third-order valence-electron chi connectivity index (χ3n) is 2.72. The summed E-state index contributed by atoms with van der Waals surface area (Å²) in [5.74, 6) is 0.657. The minimum Gasteiger partial charge on any atom is -0.339 e. The van der Waals surface area contributed by atoms with E-state index in [1.165, 1.54) is 12.1 Å². The molecule has 1 aromatic carbocycles. The highest BCUT2D eigenvalue weighted by atomic mass is 19.1. The van der Waals surface area contributed by atoms with Crippen LogP contribution in [0.2, 0.25) is 0 Å². The van der Waals surface area contributed by atoms with Gasteiger partial charge in [-0.1, -0.05) is 12.1 Å². The first-order valence-corrected chi connectivity index (χ1v) is 5.43. The summed E-state index contributed by atoms with van der Waals surface area (Å²) < 4.78 is 17.9. The van der Waals surface area contributed by atoms with Crippen LogP contribution in [0, 0.1) is 5.82 Å². The van der Waals surface area contributed by atoms with Crippen molar-refractivity contribution in [3.05, 3.63) is 36.0 Å². The van der Waals surface area contributed by atoms with Crippen LogP contribution in [0.3, 0.4) is 0 Å². The number of nitrogens with zero attached hydrogens (tertiary/aromatic N) is 2. The molecule has 4 nitrogen and oxygen atoms in total. The Kier molecular flexibility index (Phi) is 3.19. The van der Waals surface area contributed by atoms with Crippen molar-refractivity contribution in [1.29, 1.82) is 0 Å². The second kappa shape index (κ2) is 4.63. The molecule has 2 rings (SSSR count). The largest absolute Gasteiger partial charge is 0.339 e. The highest BCUT2D eigenvalue weighted by molar-refractivity contribution is 5.53. The molecule has 2 unspecified atom stereocenters. The summed E-state index contributed by atoms with van der Waals surface area (Å²) in [5, 5.41) is 3.86. The van der Waals surface area contributed by atoms with Gasteiger partial charge in [-0.25, -0.2) is 4.39 Å². The molecule has 0 fully saturated rings. The molecule has 0 aliphatic rings. The summed E-state index contributed by atoms with van der Waals surface area (Å²) in [4.78, 5) is 4.25. The average molecular weight is 235 g/mol. The van der Waals surface area contributed by atoms with Crippen molar-refractivity contribution in [2.75, 3.05) is 0 Å². The van der Waals surface area contributed by atoms with E-state index in [9.17, 15) is 4.39 Å². The first kappa shape index (κ1) is 11.7. The summed E-state index contributed by atoms with van der Waals surface area (Å²) in [6.45, 7) is 3.80. The molecule has 0 bridgehead atoms. The van der Waals surface area contributed by atoms with Gasteiger partial charge in [0, 0.05) is 11.6 Å². The van der Waals surface area contributed by atoms with Gasteiger partial charge >= 0.3 is 0 Å². The number of nitrogens with two attached hydrogens (primary N) is 1. The second-order valence-corrected chi connectivity index (χ2v) is 4.11. The number of benzene rings is 1. The van der Waals surface area contributed by atoms with E-state index in [1.807, 2.05) is 13.8 Å². The van der Waals surface area contributed by atoms with Crippen molar-refractivity contribution in [3.8, 4) is 11.4 Å². The van der Waals surface area contributed by atoms with Crippen molar-refractivity contribution in [2.45, 2.75) is 25.8 Å². The number of halogens is 1. The van der Waals surface area contributed by atoms with Crippen LogP contribution in [0.25, 0.3) is 11.4 Å². The van der Waals surface area contributed by atoms with Crippen molar-refractivity contribution in [1.82, 2.24) is 10.1 Å². The van der Waals surface area contributed by atoms with E-state index in [0.29, 0.717) is 11.7 Å². The fraction of sp³-hybridized carbons (Fsp3) is 0.333. The summed E-state index contributed by atoms with van der Waals surface area (Å²) >= 11 is 0. The Morgan fingerprint density at radius 1 is 1.24 bits per heavy atom. The van der Waals surface area contributed by atoms with E-state index in [4.69, 9.17) is 10.3 Å². The summed E-state index contributed by atoms with van der Waals surface area (Å²) in [6, 6.07) is 5.89. The van der Waals surface area contributed by atoms with Gasteiger partial charge < -0.3 is 10.3 Å². The van der Waals surface area contributed by atoms with Gasteiger partial charge in [0.05, 0.1) is 5.92 Å². The van der Waals surface area contributed by atoms with Gasteiger partial charge in [-0.3, -0.25) is 0 Å². The van der Waals surface area contributed by atoms with Crippen LogP contribution in [0.15, 0.2) is 28.8 Å². The van der Waals surface area contributed by atoms with Gasteiger partial charge in [-0.05, 0) is 31.2 Å². The van der Waals surface area contributed by atoms with Gasteiger partial charge in [-0.2, -0.15) is 4.98 Å². The monoisotopic (exact) mass is 235 g/mol. The topological polar surface area (TPSA) is 64.9 Å². The lowest BCUT2D eigenvalue weighted by atomic mass is 10.1. The molecule has 90 valence electrons. The zero-order valence-electron chi connectivity index (χ0n) is 9.72. The predicted molar refractivity (Wildman–Crippen MR) is 61.8 cm³/mol. The summed E-state index contributed by atoms with van der Waals surface area (Å²) in [5.41, 5.74) is 6.48. The first-order valence-electron chi connectivity index (χ1n) is 5.43. The van der Waals surface area contributed by atoms with Gasteiger partial charge in [0.15, 0.2) is 0 Å². The smallest absolute Gasteiger partial charge is 0.231 e. The minimum absolute atomic E-state index is 0.00306. The maximum Gasteiger partial charge on any atom is 0.231 e. The Morgan fingerprint density at radius 3 is 2.47 bits per heavy atom. The zero-order valence-corrected chi connectivity index (χ0v) is 9.72. The van der Waals surface area contributed by atoms with Crippen molar-refractivity contribution >= 4 is 0 Å². The highest BCUT2D eigenvalue weighted by Crippen LogP contribution is 2.21. The van der Waals surface area contributed by atoms with Gasteiger partial charge in [0.25, 0.3) is 0 Å². The Balaban J connectivity index is 2.26. The first-order chi connectivity index (χ1) is 8.08. The van der Waals surface area contributed by atoms with E-state index in [1.54, 1.807) is 12.1 Å². The maximum absolute atomic E-state index is 12.8. The second-order valence-electron chi connectivity index (χ2n) is 4.11. The Labute approximate surface area is 98.6 Å². The molecule has 2 aromatic rings. The number of hydrogen-bond acceptors (Lipinski definition) is 4. The molecule has 0 saturated carbocycles. The maximum atomic E-state index is 12.8. The molecule has 0 saturated heterocycles. The van der Waals surface area contributed by atoms with E-state index in [-0.39, 0.29) is 17.8 Å². The quantitative estimate of drug-likeness (QED) is 0.886. The van der Waals surface area contributed by atoms with E-state index in [0.717, 1.165) is 5.56 Å². The van der Waals surface area contributed by atoms with Crippen molar-refractivity contribution in [2.24, 2.45) is 5.73 Å². The van der Waals surface area contributed by atoms with Crippen molar-refractivity contribution < 1.29 is 8.91 Å². The molecular weight excluding hydrogens is 221 g/mol. The lowest BCUT2D eigenvalue weighted by Crippen LogP contribution is -2.22. The Bertz CT molecular complexity index is 493. The van der Waals surface area contributed by atoms with Gasteiger partial charge in [-0.15, -0.1) is 0 Å². The predicted octanol–water partition coefficient (Wildman–Crippen LogP) is 2.33. The van der Waals surface area contributed by atoms with E-state index < -0.39 is 0 Å². The van der Waals surface area contributed by atoms with E-state index in [2.05, 4.69) is 10.1 Å². The average Bonchev–Trinajstić information content (AvgIpc) is 2.78. The number of aromatic nitrogens is 2. The molecule has 0 spiro atoms. The van der Waals surface area contributed by atoms with Crippen LogP contribution in [0.5, 0.6) is 0 Å². The fourth-order valence-electron chi connectivity index (χ4n) is 1.36. The lowest BCUT2D eigenvalue weighted by molar-refractivity contribution is 0.346. The normalized spacial score (nSPS) is 14.6. The van der Waals surface area contributed by atoms with Crippen LogP contribution >= 0.6 is 0 Å². The lowest BCUT2D eigenvalue weighted by Gasteiger charge is -2.09. The standard InChI is InChI=1S/C12H14FN3O/c1-7(8(2)14)12-15-11(16-17-12)9-3-5-10(13)6-4-9/h3-8H,14H2,1-2H3. The molecular formula is C12H14FN3O. The van der Waals surface area contributed by atoms with Crippen molar-refractivity contribution in [3.63, 3.8) is 0 Å². The Morgan fingerprint density at radius 2 is 1.88 bits per heavy atom. The number of hydrogen-bond donors (Lipinski definition) is 1. The van der Waals surface area contributed by atoms with Crippen LogP contribution < -0.4 is 5.73 Å². The van der Waals surface area contributed by atoms with E-state index >= 15 is 0 Å². The zero-order chi connectivity index (χ0) is 12.4. The third kappa shape index (κ3) is 2.50. The summed E-state index contributed by atoms with van der Waals surface area (Å²) in [6.07, 6.45) is 0. The van der Waals surface area contributed by atoms with Gasteiger partial charge in [0.2, 0.25) is 11.7 Å². The Hall–Kier alpha value is -1.75. The molecule has 0 radical (unpaired) electrons. The molecule has 17 heavy (non-hydrogen) atoms. The molecule has 0 aliphatic heterocycles. The van der Waals surface area contributed by atoms with Crippen LogP contribution in [0.1, 0.15) is 25.7 Å². The summed E-state index contributed by atoms with van der Waals surface area (Å²) in [7, 11) is 0. The molecule has 5 heteroatoms. The van der Waals surface area contributed by atoms with Crippen LogP contribution in [-0.4, -0.2) is 16.2 Å².